The zero-order valence-electron chi connectivity index (χ0n) is 25.1. The molecule has 11 nitrogen and oxygen atoms in total. The number of ether oxygens (including phenoxy) is 2. The molecule has 0 radical (unpaired) electrons. The van der Waals surface area contributed by atoms with Crippen LogP contribution in [0.25, 0.3) is 0 Å². The lowest BCUT2D eigenvalue weighted by Crippen LogP contribution is -2.79. The highest BCUT2D eigenvalue weighted by atomic mass is 16.7. The first kappa shape index (κ1) is 30.2. The maximum absolute atomic E-state index is 13.8. The molecule has 8 N–H and O–H groups in total. The van der Waals surface area contributed by atoms with Crippen LogP contribution in [0.5, 0.6) is 5.75 Å². The van der Waals surface area contributed by atoms with Crippen molar-refractivity contribution >= 4 is 11.6 Å². The fraction of sp³-hybridized carbons (Fsp3) is 0.529. The molecule has 240 valence electrons. The van der Waals surface area contributed by atoms with Crippen molar-refractivity contribution in [1.82, 2.24) is 5.32 Å². The van der Waals surface area contributed by atoms with Crippen molar-refractivity contribution in [2.75, 3.05) is 13.2 Å². The number of rotatable bonds is 5. The van der Waals surface area contributed by atoms with Crippen LogP contribution in [0.4, 0.5) is 0 Å². The molecule has 0 aromatic heterocycles. The molecule has 0 amide bonds. The molecule has 3 fully saturated rings. The summed E-state index contributed by atoms with van der Waals surface area (Å²) in [6, 6.07) is 4.53. The molecule has 6 aliphatic rings. The summed E-state index contributed by atoms with van der Waals surface area (Å²) >= 11 is 0. The van der Waals surface area contributed by atoms with E-state index in [2.05, 4.69) is 5.32 Å². The first-order valence-corrected chi connectivity index (χ1v) is 15.7. The molecule has 1 aromatic carbocycles. The Kier molecular flexibility index (Phi) is 7.06. The van der Waals surface area contributed by atoms with Crippen LogP contribution >= 0.6 is 0 Å². The minimum atomic E-state index is -2.17. The Morgan fingerprint density at radius 1 is 1.11 bits per heavy atom. The molecule has 4 aliphatic carbocycles. The van der Waals surface area contributed by atoms with Crippen LogP contribution in [0.2, 0.25) is 0 Å². The summed E-state index contributed by atoms with van der Waals surface area (Å²) in [5.74, 6) is -3.27. The fourth-order valence-corrected chi connectivity index (χ4v) is 9.14. The van der Waals surface area contributed by atoms with E-state index in [1.807, 2.05) is 12.2 Å². The summed E-state index contributed by atoms with van der Waals surface area (Å²) < 4.78 is 12.3. The van der Waals surface area contributed by atoms with Crippen LogP contribution in [0.1, 0.15) is 66.2 Å². The molecule has 7 rings (SSSR count). The van der Waals surface area contributed by atoms with E-state index in [0.29, 0.717) is 37.2 Å². The third-order valence-corrected chi connectivity index (χ3v) is 11.2. The van der Waals surface area contributed by atoms with E-state index in [0.717, 1.165) is 18.4 Å². The number of hydrogen-bond donors (Lipinski definition) is 7. The van der Waals surface area contributed by atoms with Gasteiger partial charge in [-0.15, -0.1) is 0 Å². The molecule has 0 spiro atoms. The van der Waals surface area contributed by atoms with Gasteiger partial charge in [-0.25, -0.2) is 0 Å². The molecule has 2 aliphatic heterocycles. The molecule has 1 aromatic rings. The monoisotopic (exact) mass is 620 g/mol. The molecular weight excluding hydrogens is 580 g/mol. The summed E-state index contributed by atoms with van der Waals surface area (Å²) in [5.41, 5.74) is 3.39. The van der Waals surface area contributed by atoms with Crippen molar-refractivity contribution in [3.63, 3.8) is 0 Å². The predicted octanol–water partition coefficient (Wildman–Crippen LogP) is 1.92. The number of Topliss-reactive ketones (excluding diaryl/α,β-unsaturated/α-hetero) is 2. The van der Waals surface area contributed by atoms with Crippen molar-refractivity contribution in [1.29, 1.82) is 0 Å². The van der Waals surface area contributed by atoms with Gasteiger partial charge < -0.3 is 46.1 Å². The van der Waals surface area contributed by atoms with Crippen molar-refractivity contribution in [3.8, 4) is 5.75 Å². The van der Waals surface area contributed by atoms with Crippen LogP contribution in [-0.2, 0) is 4.74 Å². The number of carbonyl (C=O) groups excluding carboxylic acids is 2. The maximum Gasteiger partial charge on any atom is 0.229 e. The largest absolute Gasteiger partial charge is 0.511 e. The third kappa shape index (κ3) is 4.21. The van der Waals surface area contributed by atoms with E-state index in [4.69, 9.17) is 15.2 Å². The van der Waals surface area contributed by atoms with Gasteiger partial charge in [0.15, 0.2) is 11.6 Å². The van der Waals surface area contributed by atoms with E-state index in [-0.39, 0.29) is 34.8 Å². The highest BCUT2D eigenvalue weighted by molar-refractivity contribution is 6.19. The summed E-state index contributed by atoms with van der Waals surface area (Å²) in [7, 11) is 0. The zero-order valence-corrected chi connectivity index (χ0v) is 25.1. The van der Waals surface area contributed by atoms with E-state index >= 15 is 0 Å². The van der Waals surface area contributed by atoms with E-state index in [1.54, 1.807) is 19.1 Å². The van der Waals surface area contributed by atoms with Crippen LogP contribution in [0, 0.1) is 23.2 Å². The number of nitrogens with two attached hydrogens (primary N) is 1. The Morgan fingerprint density at radius 2 is 1.87 bits per heavy atom. The number of allylic oxidation sites excluding steroid dienone is 6. The number of aliphatic hydroxyl groups is 5. The van der Waals surface area contributed by atoms with Gasteiger partial charge in [-0.3, -0.25) is 9.59 Å². The fourth-order valence-electron chi connectivity index (χ4n) is 9.14. The van der Waals surface area contributed by atoms with Gasteiger partial charge in [0.2, 0.25) is 6.29 Å². The SMILES string of the molecule is CC1=C[C@@H]2C(=O)c3cccc(O[C@@H]4O[C@@]5(CO)CC[C@@H](C6(C7=CCNC(N)=C7)CCCC6)[C@](O)([C@@H]5O)[C@H]4O)c3C(=O)[C@@H]2C(O)=C1. The Morgan fingerprint density at radius 3 is 2.58 bits per heavy atom. The predicted molar refractivity (Wildman–Crippen MR) is 161 cm³/mol. The summed E-state index contributed by atoms with van der Waals surface area (Å²) in [6.07, 6.45) is 5.68. The number of hydrogen-bond acceptors (Lipinski definition) is 11. The van der Waals surface area contributed by atoms with Crippen LogP contribution < -0.4 is 15.8 Å². The molecular formula is C34H40N2O9. The van der Waals surface area contributed by atoms with Crippen molar-refractivity contribution in [2.45, 2.75) is 75.1 Å². The van der Waals surface area contributed by atoms with E-state index in [1.165, 1.54) is 18.2 Å². The standard InChI is InChI=1S/C34H40N2O9/c1-17-13-20-25(21(38)14-17)28(40)26-19(27(20)39)5-4-6-22(26)44-30-29(41)34(43)23(7-11-33(16-37,45-30)31(34)42)32(9-2-3-10-32)18-8-12-36-24(35)15-18/h4-6,8,13-15,20,23,25,29-31,36-38,41-43H,2-3,7,9-12,16,35H2,1H3/t20-,23-,25-,29-,30+,31+,33+,34+/m0/s1. The summed E-state index contributed by atoms with van der Waals surface area (Å²) in [6.45, 7) is 1.60. The smallest absolute Gasteiger partial charge is 0.229 e. The highest BCUT2D eigenvalue weighted by Crippen LogP contribution is 2.62. The Balaban J connectivity index is 1.29. The number of nitrogens with one attached hydrogen (secondary N) is 1. The van der Waals surface area contributed by atoms with Gasteiger partial charge in [-0.1, -0.05) is 42.7 Å². The second-order valence-electron chi connectivity index (χ2n) is 13.5. The third-order valence-electron chi connectivity index (χ3n) is 11.2. The lowest BCUT2D eigenvalue weighted by molar-refractivity contribution is -0.383. The molecule has 1 saturated heterocycles. The molecule has 11 heteroatoms. The molecule has 2 heterocycles. The average Bonchev–Trinajstić information content (AvgIpc) is 3.51. The van der Waals surface area contributed by atoms with Gasteiger partial charge in [0.05, 0.1) is 29.8 Å². The topological polar surface area (TPSA) is 192 Å². The molecule has 45 heavy (non-hydrogen) atoms. The Labute approximate surface area is 260 Å². The second-order valence-corrected chi connectivity index (χ2v) is 13.5. The quantitative estimate of drug-likeness (QED) is 0.254. The van der Waals surface area contributed by atoms with Gasteiger partial charge in [0.25, 0.3) is 0 Å². The van der Waals surface area contributed by atoms with Gasteiger partial charge in [-0.05, 0) is 56.4 Å². The van der Waals surface area contributed by atoms with Crippen LogP contribution in [0.3, 0.4) is 0 Å². The number of ketones is 2. The van der Waals surface area contributed by atoms with Crippen LogP contribution in [0.15, 0.2) is 65.2 Å². The molecule has 8 atom stereocenters. The number of aliphatic hydroxyl groups excluding tert-OH is 4. The Bertz CT molecular complexity index is 1570. The van der Waals surface area contributed by atoms with Gasteiger partial charge in [-0.2, -0.15) is 0 Å². The second kappa shape index (κ2) is 10.5. The molecule has 0 unspecified atom stereocenters. The maximum atomic E-state index is 13.8. The average molecular weight is 621 g/mol. The number of benzene rings is 1. The number of dihydropyridines is 1. The summed E-state index contributed by atoms with van der Waals surface area (Å²) in [5, 5.41) is 60.6. The van der Waals surface area contributed by atoms with Gasteiger partial charge in [0, 0.05) is 23.4 Å². The van der Waals surface area contributed by atoms with E-state index in [9.17, 15) is 35.1 Å². The zero-order chi connectivity index (χ0) is 31.9. The molecule has 2 bridgehead atoms. The summed E-state index contributed by atoms with van der Waals surface area (Å²) in [4.78, 5) is 27.4. The minimum Gasteiger partial charge on any atom is -0.511 e. The number of carbonyl (C=O) groups is 2. The Hall–Kier alpha value is -3.48. The van der Waals surface area contributed by atoms with Gasteiger partial charge in [0.1, 0.15) is 34.9 Å². The van der Waals surface area contributed by atoms with Gasteiger partial charge >= 0.3 is 0 Å². The van der Waals surface area contributed by atoms with Crippen molar-refractivity contribution < 1.29 is 44.6 Å². The minimum absolute atomic E-state index is 0.0574. The van der Waals surface area contributed by atoms with Crippen LogP contribution in [-0.4, -0.2) is 80.0 Å². The lowest BCUT2D eigenvalue weighted by Gasteiger charge is -2.63. The number of fused-ring (bicyclic) bond motifs is 4. The van der Waals surface area contributed by atoms with Crippen molar-refractivity contribution in [2.24, 2.45) is 28.9 Å². The normalized spacial score (nSPS) is 38.6. The first-order chi connectivity index (χ1) is 21.5. The lowest BCUT2D eigenvalue weighted by atomic mass is 9.52. The van der Waals surface area contributed by atoms with Crippen molar-refractivity contribution in [3.05, 3.63) is 76.4 Å². The molecule has 2 saturated carbocycles. The van der Waals surface area contributed by atoms with E-state index < -0.39 is 65.3 Å². The highest BCUT2D eigenvalue weighted by Gasteiger charge is 2.71. The first-order valence-electron chi connectivity index (χ1n) is 15.7.